The van der Waals surface area contributed by atoms with Gasteiger partial charge in [0.2, 0.25) is 0 Å². The van der Waals surface area contributed by atoms with Gasteiger partial charge in [-0.25, -0.2) is 9.97 Å². The number of aromatic nitrogens is 2. The lowest BCUT2D eigenvalue weighted by Crippen LogP contribution is -1.88. The summed E-state index contributed by atoms with van der Waals surface area (Å²) in [5, 5.41) is 9.70. The van der Waals surface area contributed by atoms with E-state index in [2.05, 4.69) is 26.8 Å². The molecule has 0 unspecified atom stereocenters. The third-order valence-corrected chi connectivity index (χ3v) is 5.69. The van der Waals surface area contributed by atoms with Crippen molar-refractivity contribution in [1.82, 2.24) is 9.97 Å². The van der Waals surface area contributed by atoms with Crippen LogP contribution in [-0.4, -0.2) is 9.97 Å². The first-order valence-electron chi connectivity index (χ1n) is 5.84. The molecule has 6 heteroatoms. The van der Waals surface area contributed by atoms with Gasteiger partial charge in [0.15, 0.2) is 5.82 Å². The SMILES string of the molecule is Clc1nc(-c2ccsc2)nc2scc(-c3cccs3)c12. The summed E-state index contributed by atoms with van der Waals surface area (Å²) in [7, 11) is 0. The Morgan fingerprint density at radius 1 is 1.00 bits per heavy atom. The molecule has 98 valence electrons. The molecule has 0 aliphatic carbocycles. The fourth-order valence-corrected chi connectivity index (χ4v) is 4.76. The first-order valence-corrected chi connectivity index (χ1v) is 8.92. The Morgan fingerprint density at radius 3 is 2.70 bits per heavy atom. The molecule has 2 nitrogen and oxygen atoms in total. The van der Waals surface area contributed by atoms with E-state index in [0.717, 1.165) is 21.3 Å². The largest absolute Gasteiger partial charge is 0.217 e. The molecule has 0 bridgehead atoms. The number of halogens is 1. The van der Waals surface area contributed by atoms with Crippen LogP contribution in [0.15, 0.2) is 39.7 Å². The highest BCUT2D eigenvalue weighted by molar-refractivity contribution is 7.18. The third-order valence-electron chi connectivity index (χ3n) is 2.96. The van der Waals surface area contributed by atoms with Gasteiger partial charge in [-0.05, 0) is 22.9 Å². The molecule has 0 fully saturated rings. The first-order chi connectivity index (χ1) is 9.83. The second kappa shape index (κ2) is 4.93. The van der Waals surface area contributed by atoms with E-state index in [1.807, 2.05) is 22.9 Å². The number of nitrogens with zero attached hydrogens (tertiary/aromatic N) is 2. The lowest BCUT2D eigenvalue weighted by Gasteiger charge is -2.01. The van der Waals surface area contributed by atoms with Gasteiger partial charge in [0, 0.05) is 26.8 Å². The van der Waals surface area contributed by atoms with Crippen molar-refractivity contribution in [1.29, 1.82) is 0 Å². The van der Waals surface area contributed by atoms with E-state index < -0.39 is 0 Å². The second-order valence-electron chi connectivity index (χ2n) is 4.16. The molecule has 0 N–H and O–H groups in total. The molecule has 0 radical (unpaired) electrons. The molecule has 0 saturated heterocycles. The molecular formula is C14H7ClN2S3. The van der Waals surface area contributed by atoms with Crippen LogP contribution in [0.2, 0.25) is 5.15 Å². The topological polar surface area (TPSA) is 25.8 Å². The average molecular weight is 335 g/mol. The van der Waals surface area contributed by atoms with E-state index in [4.69, 9.17) is 11.6 Å². The average Bonchev–Trinajstić information content (AvgIpc) is 3.19. The second-order valence-corrected chi connectivity index (χ2v) is 7.10. The quantitative estimate of drug-likeness (QED) is 0.433. The maximum Gasteiger partial charge on any atom is 0.163 e. The standard InChI is InChI=1S/C14H7ClN2S3/c15-12-11-9(10-2-1-4-19-10)7-20-14(11)17-13(16-12)8-3-5-18-6-8/h1-7H. The predicted octanol–water partition coefficient (Wildman–Crippen LogP) is 5.80. The molecule has 0 aliphatic heterocycles. The van der Waals surface area contributed by atoms with Gasteiger partial charge in [-0.3, -0.25) is 0 Å². The van der Waals surface area contributed by atoms with Gasteiger partial charge in [-0.15, -0.1) is 22.7 Å². The molecule has 4 rings (SSSR count). The Hall–Kier alpha value is -1.27. The minimum Gasteiger partial charge on any atom is -0.217 e. The van der Waals surface area contributed by atoms with Crippen LogP contribution in [0.4, 0.5) is 0 Å². The number of hydrogen-bond acceptors (Lipinski definition) is 5. The molecule has 0 aromatic carbocycles. The molecule has 0 amide bonds. The molecule has 4 heterocycles. The Bertz CT molecular complexity index is 864. The summed E-state index contributed by atoms with van der Waals surface area (Å²) in [6.07, 6.45) is 0. The molecule has 0 aliphatic rings. The summed E-state index contributed by atoms with van der Waals surface area (Å²) in [5.41, 5.74) is 2.15. The first kappa shape index (κ1) is 12.5. The monoisotopic (exact) mass is 334 g/mol. The molecular weight excluding hydrogens is 328 g/mol. The Morgan fingerprint density at radius 2 is 1.95 bits per heavy atom. The molecule has 0 spiro atoms. The van der Waals surface area contributed by atoms with Gasteiger partial charge in [-0.1, -0.05) is 17.7 Å². The van der Waals surface area contributed by atoms with Gasteiger partial charge < -0.3 is 0 Å². The van der Waals surface area contributed by atoms with Crippen molar-refractivity contribution in [3.8, 4) is 21.8 Å². The number of hydrogen-bond donors (Lipinski definition) is 0. The maximum atomic E-state index is 6.41. The summed E-state index contributed by atoms with van der Waals surface area (Å²) in [6, 6.07) is 6.14. The van der Waals surface area contributed by atoms with E-state index >= 15 is 0 Å². The van der Waals surface area contributed by atoms with Crippen molar-refractivity contribution in [2.45, 2.75) is 0 Å². The van der Waals surface area contributed by atoms with Gasteiger partial charge in [0.25, 0.3) is 0 Å². The zero-order chi connectivity index (χ0) is 13.5. The number of fused-ring (bicyclic) bond motifs is 1. The van der Waals surface area contributed by atoms with E-state index in [-0.39, 0.29) is 0 Å². The Balaban J connectivity index is 1.96. The van der Waals surface area contributed by atoms with Crippen LogP contribution in [0, 0.1) is 0 Å². The van der Waals surface area contributed by atoms with E-state index in [1.54, 1.807) is 34.0 Å². The van der Waals surface area contributed by atoms with Crippen LogP contribution >= 0.6 is 45.6 Å². The lowest BCUT2D eigenvalue weighted by atomic mass is 10.2. The highest BCUT2D eigenvalue weighted by Crippen LogP contribution is 2.39. The summed E-state index contributed by atoms with van der Waals surface area (Å²) < 4.78 is 0. The van der Waals surface area contributed by atoms with Crippen molar-refractivity contribution in [2.24, 2.45) is 0 Å². The Labute approximate surface area is 132 Å². The zero-order valence-electron chi connectivity index (χ0n) is 10.0. The summed E-state index contributed by atoms with van der Waals surface area (Å²) in [4.78, 5) is 11.2. The summed E-state index contributed by atoms with van der Waals surface area (Å²) in [6.45, 7) is 0. The summed E-state index contributed by atoms with van der Waals surface area (Å²) in [5.74, 6) is 0.698. The molecule has 4 aromatic heterocycles. The van der Waals surface area contributed by atoms with Crippen LogP contribution < -0.4 is 0 Å². The predicted molar refractivity (Wildman–Crippen MR) is 89.1 cm³/mol. The molecule has 4 aromatic rings. The minimum atomic E-state index is 0.529. The Kier molecular flexibility index (Phi) is 3.07. The van der Waals surface area contributed by atoms with Crippen LogP contribution in [0.25, 0.3) is 32.0 Å². The maximum absolute atomic E-state index is 6.41. The van der Waals surface area contributed by atoms with Crippen molar-refractivity contribution in [2.75, 3.05) is 0 Å². The van der Waals surface area contributed by atoms with Gasteiger partial charge in [0.1, 0.15) is 9.98 Å². The van der Waals surface area contributed by atoms with Crippen LogP contribution in [0.5, 0.6) is 0 Å². The van der Waals surface area contributed by atoms with Crippen molar-refractivity contribution in [3.63, 3.8) is 0 Å². The van der Waals surface area contributed by atoms with E-state index in [1.165, 1.54) is 4.88 Å². The van der Waals surface area contributed by atoms with Crippen molar-refractivity contribution >= 4 is 55.8 Å². The number of thiophene rings is 3. The van der Waals surface area contributed by atoms with Crippen LogP contribution in [0.1, 0.15) is 0 Å². The third kappa shape index (κ3) is 1.98. The number of rotatable bonds is 2. The fourth-order valence-electron chi connectivity index (χ4n) is 2.03. The van der Waals surface area contributed by atoms with Gasteiger partial charge in [-0.2, -0.15) is 11.3 Å². The normalized spacial score (nSPS) is 11.2. The van der Waals surface area contributed by atoms with Crippen LogP contribution in [0.3, 0.4) is 0 Å². The van der Waals surface area contributed by atoms with E-state index in [9.17, 15) is 0 Å². The smallest absolute Gasteiger partial charge is 0.163 e. The lowest BCUT2D eigenvalue weighted by molar-refractivity contribution is 1.24. The molecule has 0 saturated carbocycles. The molecule has 0 atom stereocenters. The fraction of sp³-hybridized carbons (Fsp3) is 0. The highest BCUT2D eigenvalue weighted by Gasteiger charge is 2.15. The van der Waals surface area contributed by atoms with Crippen molar-refractivity contribution < 1.29 is 0 Å². The zero-order valence-corrected chi connectivity index (χ0v) is 13.2. The van der Waals surface area contributed by atoms with Gasteiger partial charge >= 0.3 is 0 Å². The minimum absolute atomic E-state index is 0.529. The molecule has 20 heavy (non-hydrogen) atoms. The van der Waals surface area contributed by atoms with Crippen molar-refractivity contribution in [3.05, 3.63) is 44.9 Å². The summed E-state index contributed by atoms with van der Waals surface area (Å²) >= 11 is 11.3. The highest BCUT2D eigenvalue weighted by atomic mass is 35.5. The van der Waals surface area contributed by atoms with Gasteiger partial charge in [0.05, 0.1) is 5.39 Å². The van der Waals surface area contributed by atoms with E-state index in [0.29, 0.717) is 11.0 Å². The van der Waals surface area contributed by atoms with Crippen LogP contribution in [-0.2, 0) is 0 Å².